The average Bonchev–Trinajstić information content (AvgIpc) is 3.82. The molecule has 3 amide bonds. The van der Waals surface area contributed by atoms with E-state index in [1.807, 2.05) is 12.2 Å². The summed E-state index contributed by atoms with van der Waals surface area (Å²) >= 11 is 3.36. The first-order chi connectivity index (χ1) is 22.2. The van der Waals surface area contributed by atoms with E-state index in [9.17, 15) is 34.2 Å². The summed E-state index contributed by atoms with van der Waals surface area (Å²) in [5, 5.41) is 44.2. The molecule has 0 bridgehead atoms. The lowest BCUT2D eigenvalue weighted by molar-refractivity contribution is -0.150. The zero-order valence-electron chi connectivity index (χ0n) is 23.6. The Labute approximate surface area is 271 Å². The number of thioether (sulfide) groups is 2. The van der Waals surface area contributed by atoms with Gasteiger partial charge in [-0.1, -0.05) is 28.1 Å². The van der Waals surface area contributed by atoms with Gasteiger partial charge in [0.25, 0.3) is 11.8 Å². The Morgan fingerprint density at radius 2 is 2.11 bits per heavy atom. The molecule has 3 aliphatic rings. The standard InChI is InChI=1S/C24H24N10O9S3/c1-42-29-13(21(38)39)6-33-24(28-31-32-33)46-8-11-7-44-20-16(19(37)34(20)17(11)22(40)41)27-18(36)15(30-43-12-4-2-3-5-12)14-9-45-23(26-14)25-10-35/h2,4,9-10,12,16,20H,3,5-8H2,1H3,(H,27,36)(H,38,39)(H,40,41)(H,25,26,35)/b29-13+,30-15-/t12?,16?,20-/m1/s1. The number of anilines is 1. The summed E-state index contributed by atoms with van der Waals surface area (Å²) in [7, 11) is 1.19. The number of carboxylic acid groups (broad SMARTS) is 2. The summed E-state index contributed by atoms with van der Waals surface area (Å²) in [5.74, 6) is -3.81. The molecule has 2 unspecified atom stereocenters. The third-order valence-electron chi connectivity index (χ3n) is 6.55. The van der Waals surface area contributed by atoms with Crippen LogP contribution in [0.15, 0.2) is 44.3 Å². The van der Waals surface area contributed by atoms with Gasteiger partial charge in [0.05, 0.1) is 6.54 Å². The molecule has 1 fully saturated rings. The first kappa shape index (κ1) is 32.6. The topological polar surface area (TPSA) is 253 Å². The number of amides is 3. The summed E-state index contributed by atoms with van der Waals surface area (Å²) < 4.78 is 1.17. The van der Waals surface area contributed by atoms with Gasteiger partial charge in [0.1, 0.15) is 36.0 Å². The maximum Gasteiger partial charge on any atom is 0.355 e. The molecule has 2 aromatic heterocycles. The van der Waals surface area contributed by atoms with Gasteiger partial charge in [0, 0.05) is 16.9 Å². The molecule has 1 aliphatic carbocycles. The number of nitrogens with one attached hydrogen (secondary N) is 2. The van der Waals surface area contributed by atoms with E-state index in [4.69, 9.17) is 4.84 Å². The molecule has 0 aromatic carbocycles. The maximum absolute atomic E-state index is 13.4. The van der Waals surface area contributed by atoms with E-state index in [-0.39, 0.29) is 57.3 Å². The van der Waals surface area contributed by atoms with Crippen molar-refractivity contribution in [3.8, 4) is 0 Å². The SMILES string of the molecule is CO/N=C(\Cn1nnnc1SCC1=C(C(=O)O)N2C(=O)C(NC(=O)/C(=N\OC3C=CCC3)c3csc(NC=O)n3)[C@H]2SC1)C(=O)O. The van der Waals surface area contributed by atoms with Gasteiger partial charge in [-0.3, -0.25) is 19.3 Å². The number of allylic oxidation sites excluding steroid dienone is 1. The van der Waals surface area contributed by atoms with Crippen molar-refractivity contribution in [2.75, 3.05) is 23.9 Å². The van der Waals surface area contributed by atoms with Crippen molar-refractivity contribution in [2.24, 2.45) is 10.3 Å². The van der Waals surface area contributed by atoms with Crippen LogP contribution in [-0.2, 0) is 40.2 Å². The Morgan fingerprint density at radius 1 is 1.28 bits per heavy atom. The number of carbonyl (C=O) groups is 5. The summed E-state index contributed by atoms with van der Waals surface area (Å²) in [5.41, 5.74) is -0.292. The third-order valence-corrected chi connectivity index (χ3v) is 9.71. The molecule has 0 radical (unpaired) electrons. The number of carboxylic acids is 2. The second-order valence-electron chi connectivity index (χ2n) is 9.44. The van der Waals surface area contributed by atoms with E-state index in [2.05, 4.69) is 46.3 Å². The highest BCUT2D eigenvalue weighted by molar-refractivity contribution is 8.01. The molecule has 242 valence electrons. The summed E-state index contributed by atoms with van der Waals surface area (Å²) in [6.07, 6.45) is 5.30. The highest BCUT2D eigenvalue weighted by Crippen LogP contribution is 2.41. The first-order valence-corrected chi connectivity index (χ1v) is 16.1. The van der Waals surface area contributed by atoms with Crippen LogP contribution in [-0.4, -0.2) is 118 Å². The second-order valence-corrected chi connectivity index (χ2v) is 12.3. The lowest BCUT2D eigenvalue weighted by atomic mass is 10.0. The van der Waals surface area contributed by atoms with Crippen LogP contribution < -0.4 is 10.6 Å². The minimum atomic E-state index is -1.34. The largest absolute Gasteiger partial charge is 0.477 e. The van der Waals surface area contributed by atoms with E-state index in [1.54, 1.807) is 0 Å². The second kappa shape index (κ2) is 14.5. The van der Waals surface area contributed by atoms with Gasteiger partial charge in [0.15, 0.2) is 16.6 Å². The summed E-state index contributed by atoms with van der Waals surface area (Å²) in [6.45, 7) is -0.310. The quantitative estimate of drug-likeness (QED) is 0.0469. The number of nitrogens with zero attached hydrogens (tertiary/aromatic N) is 8. The van der Waals surface area contributed by atoms with Crippen LogP contribution in [0.2, 0.25) is 0 Å². The van der Waals surface area contributed by atoms with E-state index in [0.29, 0.717) is 18.4 Å². The fourth-order valence-electron chi connectivity index (χ4n) is 4.46. The van der Waals surface area contributed by atoms with Gasteiger partial charge in [-0.2, -0.15) is 0 Å². The molecule has 5 rings (SSSR count). The molecule has 2 aromatic rings. The Bertz CT molecular complexity index is 1670. The number of carbonyl (C=O) groups excluding carboxylic acids is 3. The Kier molecular flexibility index (Phi) is 10.3. The predicted octanol–water partition coefficient (Wildman–Crippen LogP) is -0.245. The van der Waals surface area contributed by atoms with Crippen molar-refractivity contribution in [3.63, 3.8) is 0 Å². The molecular weight excluding hydrogens is 669 g/mol. The summed E-state index contributed by atoms with van der Waals surface area (Å²) in [6, 6.07) is -1.06. The molecule has 3 atom stereocenters. The molecule has 2 aliphatic heterocycles. The molecule has 4 N–H and O–H groups in total. The van der Waals surface area contributed by atoms with E-state index < -0.39 is 35.2 Å². The Hall–Kier alpha value is -4.83. The fourth-order valence-corrected chi connectivity index (χ4v) is 7.48. The van der Waals surface area contributed by atoms with E-state index in [1.165, 1.54) is 28.9 Å². The molecule has 0 saturated carbocycles. The van der Waals surface area contributed by atoms with Gasteiger partial charge in [0.2, 0.25) is 11.6 Å². The number of oxime groups is 2. The number of hydrogen-bond donors (Lipinski definition) is 4. The molecule has 0 spiro atoms. The highest BCUT2D eigenvalue weighted by atomic mass is 32.2. The lowest BCUT2D eigenvalue weighted by Crippen LogP contribution is -2.71. The van der Waals surface area contributed by atoms with Crippen LogP contribution >= 0.6 is 34.9 Å². The number of rotatable bonds is 15. The van der Waals surface area contributed by atoms with Crippen LogP contribution in [0.5, 0.6) is 0 Å². The summed E-state index contributed by atoms with van der Waals surface area (Å²) in [4.78, 5) is 76.6. The van der Waals surface area contributed by atoms with Crippen LogP contribution in [0.3, 0.4) is 0 Å². The minimum absolute atomic E-state index is 0.0666. The van der Waals surface area contributed by atoms with Crippen LogP contribution in [0.4, 0.5) is 5.13 Å². The van der Waals surface area contributed by atoms with Crippen LogP contribution in [0, 0.1) is 0 Å². The number of fused-ring (bicyclic) bond motifs is 1. The normalized spacial score (nSPS) is 21.0. The van der Waals surface area contributed by atoms with Crippen LogP contribution in [0.1, 0.15) is 18.5 Å². The number of hydrogen-bond acceptors (Lipinski definition) is 16. The van der Waals surface area contributed by atoms with Gasteiger partial charge in [-0.25, -0.2) is 19.3 Å². The highest BCUT2D eigenvalue weighted by Gasteiger charge is 2.54. The molecule has 1 saturated heterocycles. The number of aliphatic carboxylic acids is 2. The van der Waals surface area contributed by atoms with E-state index >= 15 is 0 Å². The molecule has 19 nitrogen and oxygen atoms in total. The van der Waals surface area contributed by atoms with E-state index in [0.717, 1.165) is 34.4 Å². The molecular formula is C24H24N10O9S3. The molecule has 4 heterocycles. The van der Waals surface area contributed by atoms with Gasteiger partial charge < -0.3 is 30.5 Å². The van der Waals surface area contributed by atoms with Gasteiger partial charge in [-0.15, -0.1) is 28.2 Å². The van der Waals surface area contributed by atoms with Gasteiger partial charge in [-0.05, 0) is 34.9 Å². The maximum atomic E-state index is 13.4. The zero-order chi connectivity index (χ0) is 32.8. The monoisotopic (exact) mass is 692 g/mol. The fraction of sp³-hybridized carbons (Fsp3) is 0.375. The van der Waals surface area contributed by atoms with Crippen molar-refractivity contribution in [2.45, 2.75) is 42.1 Å². The Morgan fingerprint density at radius 3 is 2.80 bits per heavy atom. The van der Waals surface area contributed by atoms with Crippen molar-refractivity contribution in [1.82, 2.24) is 35.4 Å². The number of thiazole rings is 1. The number of aromatic nitrogens is 5. The molecule has 22 heteroatoms. The van der Waals surface area contributed by atoms with Crippen molar-refractivity contribution < 1.29 is 43.9 Å². The Balaban J connectivity index is 1.29. The predicted molar refractivity (Wildman–Crippen MR) is 162 cm³/mol. The number of β-lactam (4-membered cyclic amide) rings is 1. The van der Waals surface area contributed by atoms with Crippen LogP contribution in [0.25, 0.3) is 0 Å². The smallest absolute Gasteiger partial charge is 0.355 e. The van der Waals surface area contributed by atoms with Crippen molar-refractivity contribution >= 4 is 81.6 Å². The average molecular weight is 693 g/mol. The minimum Gasteiger partial charge on any atom is -0.477 e. The third kappa shape index (κ3) is 7.02. The number of tetrazole rings is 1. The van der Waals surface area contributed by atoms with Crippen molar-refractivity contribution in [3.05, 3.63) is 34.5 Å². The molecule has 46 heavy (non-hydrogen) atoms. The zero-order valence-corrected chi connectivity index (χ0v) is 26.1. The van der Waals surface area contributed by atoms with Crippen molar-refractivity contribution in [1.29, 1.82) is 0 Å². The first-order valence-electron chi connectivity index (χ1n) is 13.2. The van der Waals surface area contributed by atoms with Gasteiger partial charge >= 0.3 is 11.9 Å². The lowest BCUT2D eigenvalue weighted by Gasteiger charge is -2.49.